The first kappa shape index (κ1) is 18.1. The maximum Gasteiger partial charge on any atom is 0.271 e. The Labute approximate surface area is 156 Å². The smallest absolute Gasteiger partial charge is 0.271 e. The van der Waals surface area contributed by atoms with Crippen LogP contribution < -0.4 is 10.1 Å². The Morgan fingerprint density at radius 2 is 1.74 bits per heavy atom. The van der Waals surface area contributed by atoms with Crippen LogP contribution in [-0.4, -0.2) is 10.8 Å². The molecule has 0 aliphatic carbocycles. The van der Waals surface area contributed by atoms with Crippen molar-refractivity contribution < 1.29 is 14.5 Å². The molecule has 27 heavy (non-hydrogen) atoms. The number of hydrogen-bond donors (Lipinski definition) is 1. The predicted molar refractivity (Wildman–Crippen MR) is 103 cm³/mol. The van der Waals surface area contributed by atoms with Crippen LogP contribution in [0.1, 0.15) is 21.5 Å². The van der Waals surface area contributed by atoms with Gasteiger partial charge in [0.2, 0.25) is 0 Å². The zero-order valence-electron chi connectivity index (χ0n) is 14.7. The van der Waals surface area contributed by atoms with E-state index < -0.39 is 4.92 Å². The van der Waals surface area contributed by atoms with E-state index in [0.717, 1.165) is 11.1 Å². The van der Waals surface area contributed by atoms with Crippen LogP contribution in [0, 0.1) is 17.0 Å². The number of amides is 1. The van der Waals surface area contributed by atoms with Crippen molar-refractivity contribution >= 4 is 17.3 Å². The summed E-state index contributed by atoms with van der Waals surface area (Å²) in [7, 11) is 0. The average Bonchev–Trinajstić information content (AvgIpc) is 2.69. The van der Waals surface area contributed by atoms with Crippen molar-refractivity contribution in [3.8, 4) is 5.75 Å². The first-order chi connectivity index (χ1) is 13.0. The van der Waals surface area contributed by atoms with Gasteiger partial charge in [0.25, 0.3) is 11.6 Å². The second-order valence-corrected chi connectivity index (χ2v) is 5.98. The van der Waals surface area contributed by atoms with Gasteiger partial charge in [-0.15, -0.1) is 0 Å². The van der Waals surface area contributed by atoms with E-state index >= 15 is 0 Å². The van der Waals surface area contributed by atoms with Crippen LogP contribution in [0.2, 0.25) is 0 Å². The van der Waals surface area contributed by atoms with E-state index in [2.05, 4.69) is 5.32 Å². The van der Waals surface area contributed by atoms with Gasteiger partial charge in [0.05, 0.1) is 16.2 Å². The number of rotatable bonds is 6. The summed E-state index contributed by atoms with van der Waals surface area (Å²) in [4.78, 5) is 23.2. The van der Waals surface area contributed by atoms with Crippen LogP contribution in [0.25, 0.3) is 0 Å². The van der Waals surface area contributed by atoms with E-state index in [1.165, 1.54) is 12.1 Å². The maximum atomic E-state index is 12.7. The number of ether oxygens (including phenoxy) is 1. The third kappa shape index (κ3) is 4.49. The fourth-order valence-electron chi connectivity index (χ4n) is 2.56. The summed E-state index contributed by atoms with van der Waals surface area (Å²) in [5, 5.41) is 13.7. The predicted octanol–water partition coefficient (Wildman–Crippen LogP) is 4.73. The topological polar surface area (TPSA) is 81.5 Å². The second kappa shape index (κ2) is 8.14. The molecule has 1 amide bonds. The minimum Gasteiger partial charge on any atom is -0.488 e. The Morgan fingerprint density at radius 3 is 2.48 bits per heavy atom. The molecule has 6 nitrogen and oxygen atoms in total. The third-order valence-corrected chi connectivity index (χ3v) is 4.05. The molecular weight excluding hydrogens is 344 g/mol. The van der Waals surface area contributed by atoms with Gasteiger partial charge in [-0.25, -0.2) is 0 Å². The zero-order chi connectivity index (χ0) is 19.2. The molecule has 3 aromatic carbocycles. The van der Waals surface area contributed by atoms with Crippen LogP contribution in [0.3, 0.4) is 0 Å². The molecular formula is C21H18N2O4. The van der Waals surface area contributed by atoms with Crippen molar-refractivity contribution in [3.63, 3.8) is 0 Å². The highest BCUT2D eigenvalue weighted by Crippen LogP contribution is 2.25. The largest absolute Gasteiger partial charge is 0.488 e. The number of non-ortho nitro benzene ring substituents is 1. The number of hydrogen-bond acceptors (Lipinski definition) is 4. The molecule has 3 aromatic rings. The highest BCUT2D eigenvalue weighted by atomic mass is 16.6. The first-order valence-electron chi connectivity index (χ1n) is 8.37. The normalized spacial score (nSPS) is 10.3. The van der Waals surface area contributed by atoms with Crippen molar-refractivity contribution in [2.24, 2.45) is 0 Å². The van der Waals surface area contributed by atoms with Gasteiger partial charge in [-0.1, -0.05) is 48.5 Å². The summed E-state index contributed by atoms with van der Waals surface area (Å²) in [5.41, 5.74) is 2.40. The quantitative estimate of drug-likeness (QED) is 0.507. The fourth-order valence-corrected chi connectivity index (χ4v) is 2.56. The number of nitro benzene ring substituents is 1. The van der Waals surface area contributed by atoms with Crippen molar-refractivity contribution in [1.29, 1.82) is 0 Å². The summed E-state index contributed by atoms with van der Waals surface area (Å²) in [6, 6.07) is 20.9. The molecule has 136 valence electrons. The molecule has 0 saturated carbocycles. The monoisotopic (exact) mass is 362 g/mol. The van der Waals surface area contributed by atoms with E-state index in [4.69, 9.17) is 4.74 Å². The average molecular weight is 362 g/mol. The van der Waals surface area contributed by atoms with Gasteiger partial charge in [-0.05, 0) is 30.2 Å². The molecule has 0 atom stereocenters. The van der Waals surface area contributed by atoms with Gasteiger partial charge in [0.1, 0.15) is 12.4 Å². The van der Waals surface area contributed by atoms with Crippen molar-refractivity contribution in [1.82, 2.24) is 0 Å². The number of nitro groups is 1. The molecule has 0 unspecified atom stereocenters. The molecule has 0 saturated heterocycles. The summed E-state index contributed by atoms with van der Waals surface area (Å²) in [6.45, 7) is 2.11. The highest BCUT2D eigenvalue weighted by molar-refractivity contribution is 6.06. The molecule has 0 aromatic heterocycles. The van der Waals surface area contributed by atoms with Crippen LogP contribution in [-0.2, 0) is 6.61 Å². The summed E-state index contributed by atoms with van der Waals surface area (Å²) >= 11 is 0. The summed E-state index contributed by atoms with van der Waals surface area (Å²) < 4.78 is 5.81. The molecule has 0 aliphatic rings. The standard InChI is InChI=1S/C21H18N2O4/c1-15-11-12-17(23(25)26)13-19(15)22-21(24)18-9-5-6-10-20(18)27-14-16-7-3-2-4-8-16/h2-13H,14H2,1H3,(H,22,24). The van der Waals surface area contributed by atoms with E-state index in [1.54, 1.807) is 37.3 Å². The van der Waals surface area contributed by atoms with Gasteiger partial charge in [0, 0.05) is 12.1 Å². The fraction of sp³-hybridized carbons (Fsp3) is 0.0952. The number of para-hydroxylation sites is 1. The van der Waals surface area contributed by atoms with E-state index in [0.29, 0.717) is 23.6 Å². The molecule has 0 fully saturated rings. The maximum absolute atomic E-state index is 12.7. The van der Waals surface area contributed by atoms with Crippen LogP contribution in [0.15, 0.2) is 72.8 Å². The number of anilines is 1. The van der Waals surface area contributed by atoms with Crippen molar-refractivity contribution in [2.45, 2.75) is 13.5 Å². The van der Waals surface area contributed by atoms with E-state index in [-0.39, 0.29) is 11.6 Å². The van der Waals surface area contributed by atoms with Gasteiger partial charge >= 0.3 is 0 Å². The van der Waals surface area contributed by atoms with Crippen LogP contribution >= 0.6 is 0 Å². The molecule has 0 aliphatic heterocycles. The Hall–Kier alpha value is -3.67. The Bertz CT molecular complexity index is 971. The molecule has 3 rings (SSSR count). The number of carbonyl (C=O) groups excluding carboxylic acids is 1. The number of benzene rings is 3. The highest BCUT2D eigenvalue weighted by Gasteiger charge is 2.15. The molecule has 0 spiro atoms. The van der Waals surface area contributed by atoms with Gasteiger partial charge in [-0.3, -0.25) is 14.9 Å². The molecule has 0 heterocycles. The third-order valence-electron chi connectivity index (χ3n) is 4.05. The zero-order valence-corrected chi connectivity index (χ0v) is 14.7. The number of nitrogens with one attached hydrogen (secondary N) is 1. The van der Waals surface area contributed by atoms with E-state index in [1.807, 2.05) is 30.3 Å². The van der Waals surface area contributed by atoms with Crippen LogP contribution in [0.5, 0.6) is 5.75 Å². The summed E-state index contributed by atoms with van der Waals surface area (Å²) in [5.74, 6) is 0.0594. The van der Waals surface area contributed by atoms with Crippen LogP contribution in [0.4, 0.5) is 11.4 Å². The lowest BCUT2D eigenvalue weighted by molar-refractivity contribution is -0.384. The number of carbonyl (C=O) groups is 1. The van der Waals surface area contributed by atoms with Gasteiger partial charge in [0.15, 0.2) is 0 Å². The lowest BCUT2D eigenvalue weighted by atomic mass is 10.1. The van der Waals surface area contributed by atoms with Crippen molar-refractivity contribution in [3.05, 3.63) is 99.6 Å². The minimum absolute atomic E-state index is 0.0792. The van der Waals surface area contributed by atoms with Gasteiger partial charge < -0.3 is 10.1 Å². The number of aryl methyl sites for hydroxylation is 1. The Kier molecular flexibility index (Phi) is 5.47. The summed E-state index contributed by atoms with van der Waals surface area (Å²) in [6.07, 6.45) is 0. The van der Waals surface area contributed by atoms with Gasteiger partial charge in [-0.2, -0.15) is 0 Å². The molecule has 0 radical (unpaired) electrons. The second-order valence-electron chi connectivity index (χ2n) is 5.98. The Balaban J connectivity index is 1.79. The lowest BCUT2D eigenvalue weighted by Crippen LogP contribution is -2.14. The molecule has 0 bridgehead atoms. The minimum atomic E-state index is -0.494. The SMILES string of the molecule is Cc1ccc([N+](=O)[O-])cc1NC(=O)c1ccccc1OCc1ccccc1. The van der Waals surface area contributed by atoms with Crippen molar-refractivity contribution in [2.75, 3.05) is 5.32 Å². The molecule has 1 N–H and O–H groups in total. The number of nitrogens with zero attached hydrogens (tertiary/aromatic N) is 1. The van der Waals surface area contributed by atoms with E-state index in [9.17, 15) is 14.9 Å². The molecule has 6 heteroatoms. The Morgan fingerprint density at radius 1 is 1.04 bits per heavy atom. The first-order valence-corrected chi connectivity index (χ1v) is 8.37. The lowest BCUT2D eigenvalue weighted by Gasteiger charge is -2.13.